The van der Waals surface area contributed by atoms with Gasteiger partial charge >= 0.3 is 12.1 Å². The molecule has 4 nitrogen and oxygen atoms in total. The second kappa shape index (κ2) is 3.06. The molecule has 0 saturated heterocycles. The maximum Gasteiger partial charge on any atom is 0.528 e. The molecule has 0 unspecified atom stereocenters. The third-order valence-corrected chi connectivity index (χ3v) is 2.18. The molecule has 1 heterocycles. The summed E-state index contributed by atoms with van der Waals surface area (Å²) in [4.78, 5) is 21.9. The zero-order chi connectivity index (χ0) is 9.19. The minimum absolute atomic E-state index is 0.103. The van der Waals surface area contributed by atoms with Gasteiger partial charge in [0, 0.05) is 0 Å². The molecule has 1 aliphatic heterocycles. The molecule has 12 heavy (non-hydrogen) atoms. The standard InChI is InChI=1S/C8H12NO3/c1-3-9(4-2)6-5-7(10)12-8(9)11/h5-6H,3-4H2,1-2H3/q+1. The summed E-state index contributed by atoms with van der Waals surface area (Å²) in [7, 11) is 0. The molecule has 0 radical (unpaired) electrons. The van der Waals surface area contributed by atoms with Gasteiger partial charge in [0.05, 0.1) is 19.2 Å². The van der Waals surface area contributed by atoms with Crippen molar-refractivity contribution in [3.05, 3.63) is 12.3 Å². The number of cyclic esters (lactones) is 2. The number of hydrogen-bond donors (Lipinski definition) is 0. The van der Waals surface area contributed by atoms with E-state index in [0.29, 0.717) is 13.1 Å². The molecule has 0 aromatic heterocycles. The van der Waals surface area contributed by atoms with Gasteiger partial charge in [-0.2, -0.15) is 9.28 Å². The van der Waals surface area contributed by atoms with Crippen molar-refractivity contribution >= 4 is 12.1 Å². The summed E-state index contributed by atoms with van der Waals surface area (Å²) >= 11 is 0. The van der Waals surface area contributed by atoms with Gasteiger partial charge < -0.3 is 4.74 Å². The number of rotatable bonds is 2. The van der Waals surface area contributed by atoms with Crippen molar-refractivity contribution in [1.29, 1.82) is 0 Å². The lowest BCUT2D eigenvalue weighted by Crippen LogP contribution is -2.50. The van der Waals surface area contributed by atoms with Gasteiger partial charge in [0.15, 0.2) is 0 Å². The van der Waals surface area contributed by atoms with E-state index in [0.717, 1.165) is 0 Å². The van der Waals surface area contributed by atoms with E-state index in [1.165, 1.54) is 6.08 Å². The summed E-state index contributed by atoms with van der Waals surface area (Å²) < 4.78 is 4.59. The Hall–Kier alpha value is -1.16. The van der Waals surface area contributed by atoms with Crippen LogP contribution in [0, 0.1) is 0 Å². The van der Waals surface area contributed by atoms with Crippen LogP contribution in [0.25, 0.3) is 0 Å². The van der Waals surface area contributed by atoms with Gasteiger partial charge in [-0.1, -0.05) is 0 Å². The van der Waals surface area contributed by atoms with Crippen molar-refractivity contribution in [3.63, 3.8) is 0 Å². The van der Waals surface area contributed by atoms with Crippen molar-refractivity contribution in [2.24, 2.45) is 0 Å². The molecule has 0 aliphatic carbocycles. The number of esters is 1. The highest BCUT2D eigenvalue weighted by Gasteiger charge is 2.38. The average molecular weight is 170 g/mol. The highest BCUT2D eigenvalue weighted by Crippen LogP contribution is 2.15. The average Bonchev–Trinajstić information content (AvgIpc) is 2.06. The Morgan fingerprint density at radius 2 is 1.92 bits per heavy atom. The van der Waals surface area contributed by atoms with E-state index >= 15 is 0 Å². The zero-order valence-corrected chi connectivity index (χ0v) is 7.24. The third kappa shape index (κ3) is 1.25. The van der Waals surface area contributed by atoms with Crippen molar-refractivity contribution < 1.29 is 18.8 Å². The van der Waals surface area contributed by atoms with Crippen molar-refractivity contribution in [2.45, 2.75) is 13.8 Å². The zero-order valence-electron chi connectivity index (χ0n) is 7.24. The molecule has 0 N–H and O–H groups in total. The number of carbonyl (C=O) groups is 2. The van der Waals surface area contributed by atoms with Gasteiger partial charge in [0.25, 0.3) is 0 Å². The third-order valence-electron chi connectivity index (χ3n) is 2.18. The quantitative estimate of drug-likeness (QED) is 0.353. The van der Waals surface area contributed by atoms with Crippen LogP contribution in [-0.2, 0) is 9.53 Å². The Morgan fingerprint density at radius 1 is 1.33 bits per heavy atom. The molecular formula is C8H12NO3+. The molecule has 0 spiro atoms. The first kappa shape index (κ1) is 8.93. The lowest BCUT2D eigenvalue weighted by molar-refractivity contribution is -0.802. The molecule has 1 rings (SSSR count). The van der Waals surface area contributed by atoms with E-state index in [1.54, 1.807) is 6.20 Å². The summed E-state index contributed by atoms with van der Waals surface area (Å²) in [6, 6.07) is 0. The number of ether oxygens (including phenoxy) is 1. The summed E-state index contributed by atoms with van der Waals surface area (Å²) in [5.41, 5.74) is 0. The highest BCUT2D eigenvalue weighted by atomic mass is 16.6. The van der Waals surface area contributed by atoms with Crippen LogP contribution in [-0.4, -0.2) is 29.6 Å². The largest absolute Gasteiger partial charge is 0.528 e. The van der Waals surface area contributed by atoms with Crippen LogP contribution in [0.2, 0.25) is 0 Å². The maximum absolute atomic E-state index is 11.3. The smallest absolute Gasteiger partial charge is 0.342 e. The summed E-state index contributed by atoms with van der Waals surface area (Å²) in [6.45, 7) is 4.98. The Bertz CT molecular complexity index is 241. The summed E-state index contributed by atoms with van der Waals surface area (Å²) in [5, 5.41) is 0. The van der Waals surface area contributed by atoms with E-state index in [1.807, 2.05) is 13.8 Å². The minimum atomic E-state index is -0.573. The Kier molecular flexibility index (Phi) is 2.28. The molecule has 0 saturated carbocycles. The number of carbonyl (C=O) groups excluding carboxylic acids is 2. The fourth-order valence-electron chi connectivity index (χ4n) is 1.17. The Balaban J connectivity index is 2.96. The van der Waals surface area contributed by atoms with E-state index in [-0.39, 0.29) is 4.48 Å². The van der Waals surface area contributed by atoms with Gasteiger partial charge in [-0.3, -0.25) is 0 Å². The van der Waals surface area contributed by atoms with Crippen LogP contribution >= 0.6 is 0 Å². The molecule has 1 amide bonds. The molecule has 0 atom stereocenters. The van der Waals surface area contributed by atoms with Crippen LogP contribution < -0.4 is 0 Å². The number of hydrogen-bond acceptors (Lipinski definition) is 3. The monoisotopic (exact) mass is 170 g/mol. The van der Waals surface area contributed by atoms with Gasteiger partial charge in [-0.15, -0.1) is 0 Å². The molecular weight excluding hydrogens is 158 g/mol. The predicted molar refractivity (Wildman–Crippen MR) is 42.0 cm³/mol. The fourth-order valence-corrected chi connectivity index (χ4v) is 1.17. The Morgan fingerprint density at radius 3 is 2.33 bits per heavy atom. The number of nitrogens with zero attached hydrogens (tertiary/aromatic N) is 1. The van der Waals surface area contributed by atoms with E-state index in [2.05, 4.69) is 4.74 Å². The van der Waals surface area contributed by atoms with Crippen molar-refractivity contribution in [3.8, 4) is 0 Å². The predicted octanol–water partition coefficient (Wildman–Crippen LogP) is 1.03. The molecule has 0 bridgehead atoms. The topological polar surface area (TPSA) is 43.4 Å². The molecule has 0 fully saturated rings. The number of quaternary nitrogens is 1. The van der Waals surface area contributed by atoms with E-state index in [9.17, 15) is 9.59 Å². The Labute approximate surface area is 71.0 Å². The molecule has 66 valence electrons. The van der Waals surface area contributed by atoms with Crippen LogP contribution in [0.1, 0.15) is 13.8 Å². The molecule has 0 aromatic carbocycles. The first-order valence-corrected chi connectivity index (χ1v) is 3.97. The summed E-state index contributed by atoms with van der Waals surface area (Å²) in [5.74, 6) is -0.573. The van der Waals surface area contributed by atoms with Crippen LogP contribution in [0.5, 0.6) is 0 Å². The van der Waals surface area contributed by atoms with Gasteiger partial charge in [0.1, 0.15) is 6.20 Å². The highest BCUT2D eigenvalue weighted by molar-refractivity contribution is 5.91. The lowest BCUT2D eigenvalue weighted by Gasteiger charge is -2.29. The normalized spacial score (nSPS) is 20.8. The molecule has 4 heteroatoms. The van der Waals surface area contributed by atoms with E-state index in [4.69, 9.17) is 0 Å². The maximum atomic E-state index is 11.3. The first-order valence-electron chi connectivity index (χ1n) is 3.97. The van der Waals surface area contributed by atoms with Crippen molar-refractivity contribution in [1.82, 2.24) is 0 Å². The minimum Gasteiger partial charge on any atom is -0.342 e. The molecule has 1 aliphatic rings. The van der Waals surface area contributed by atoms with E-state index < -0.39 is 12.1 Å². The summed E-state index contributed by atoms with van der Waals surface area (Å²) in [6.07, 6.45) is 2.41. The lowest BCUT2D eigenvalue weighted by atomic mass is 10.4. The number of amides is 1. The second-order valence-electron chi connectivity index (χ2n) is 2.67. The van der Waals surface area contributed by atoms with Crippen LogP contribution in [0.3, 0.4) is 0 Å². The van der Waals surface area contributed by atoms with Crippen molar-refractivity contribution in [2.75, 3.05) is 13.1 Å². The SMILES string of the molecule is CC[N+]1(CC)C=CC(=O)OC1=O. The van der Waals surface area contributed by atoms with Gasteiger partial charge in [0.2, 0.25) is 0 Å². The van der Waals surface area contributed by atoms with Gasteiger partial charge in [-0.25, -0.2) is 4.79 Å². The fraction of sp³-hybridized carbons (Fsp3) is 0.500. The molecule has 0 aromatic rings. The van der Waals surface area contributed by atoms with Crippen LogP contribution in [0.4, 0.5) is 4.79 Å². The second-order valence-corrected chi connectivity index (χ2v) is 2.67. The first-order chi connectivity index (χ1) is 5.64. The van der Waals surface area contributed by atoms with Gasteiger partial charge in [-0.05, 0) is 13.8 Å². The van der Waals surface area contributed by atoms with Crippen LogP contribution in [0.15, 0.2) is 12.3 Å².